The smallest absolute Gasteiger partial charge is 0.226 e. The summed E-state index contributed by atoms with van der Waals surface area (Å²) in [5.41, 5.74) is 2.59. The molecule has 2 N–H and O–H groups in total. The Hall–Kier alpha value is -2.79. The standard InChI is InChI=1S/C23H32N8O2/c1-2-4-19(5-3-1)31-18-26-20-21(24-6-8-29-10-14-32-15-11-29)27-23(28-22(20)31)25-7-9-30-12-16-33-17-13-30/h1-5,18H,6-17H2,(H2,24,25,27,28). The first-order valence-corrected chi connectivity index (χ1v) is 11.8. The van der Waals surface area contributed by atoms with E-state index in [-0.39, 0.29) is 0 Å². The highest BCUT2D eigenvalue weighted by atomic mass is 16.5. The van der Waals surface area contributed by atoms with Crippen molar-refractivity contribution in [2.75, 3.05) is 89.4 Å². The molecule has 0 amide bonds. The number of rotatable bonds is 9. The quantitative estimate of drug-likeness (QED) is 0.498. The molecule has 0 unspecified atom stereocenters. The Balaban J connectivity index is 1.33. The summed E-state index contributed by atoms with van der Waals surface area (Å²) in [7, 11) is 0. The van der Waals surface area contributed by atoms with E-state index in [1.807, 2.05) is 29.1 Å². The maximum absolute atomic E-state index is 5.45. The van der Waals surface area contributed by atoms with Gasteiger partial charge in [0.2, 0.25) is 5.95 Å². The fourth-order valence-corrected chi connectivity index (χ4v) is 4.19. The first-order chi connectivity index (χ1) is 16.4. The summed E-state index contributed by atoms with van der Waals surface area (Å²) in [5, 5.41) is 6.92. The van der Waals surface area contributed by atoms with Gasteiger partial charge >= 0.3 is 0 Å². The van der Waals surface area contributed by atoms with Crippen molar-refractivity contribution in [2.24, 2.45) is 0 Å². The van der Waals surface area contributed by atoms with Crippen LogP contribution in [0.2, 0.25) is 0 Å². The van der Waals surface area contributed by atoms with Crippen LogP contribution in [0.5, 0.6) is 0 Å². The van der Waals surface area contributed by atoms with E-state index in [4.69, 9.17) is 19.4 Å². The summed E-state index contributed by atoms with van der Waals surface area (Å²) in [5.74, 6) is 1.37. The van der Waals surface area contributed by atoms with Crippen molar-refractivity contribution in [3.63, 3.8) is 0 Å². The average Bonchev–Trinajstić information content (AvgIpc) is 3.30. The fourth-order valence-electron chi connectivity index (χ4n) is 4.19. The molecular formula is C23H32N8O2. The van der Waals surface area contributed by atoms with Crippen molar-refractivity contribution in [1.82, 2.24) is 29.3 Å². The molecule has 2 aliphatic heterocycles. The molecule has 33 heavy (non-hydrogen) atoms. The van der Waals surface area contributed by atoms with Crippen molar-refractivity contribution >= 4 is 22.9 Å². The number of anilines is 2. The zero-order valence-electron chi connectivity index (χ0n) is 18.9. The Kier molecular flexibility index (Phi) is 7.27. The molecule has 0 saturated carbocycles. The van der Waals surface area contributed by atoms with Crippen LogP contribution in [0.15, 0.2) is 36.7 Å². The molecule has 176 valence electrons. The predicted molar refractivity (Wildman–Crippen MR) is 128 cm³/mol. The lowest BCUT2D eigenvalue weighted by atomic mass is 10.3. The molecular weight excluding hydrogens is 420 g/mol. The van der Waals surface area contributed by atoms with Gasteiger partial charge < -0.3 is 20.1 Å². The van der Waals surface area contributed by atoms with Gasteiger partial charge in [-0.1, -0.05) is 18.2 Å². The lowest BCUT2D eigenvalue weighted by Gasteiger charge is -2.26. The number of imidazole rings is 1. The van der Waals surface area contributed by atoms with E-state index in [1.54, 1.807) is 0 Å². The topological polar surface area (TPSA) is 92.6 Å². The van der Waals surface area contributed by atoms with Gasteiger partial charge in [0, 0.05) is 58.0 Å². The van der Waals surface area contributed by atoms with E-state index in [9.17, 15) is 0 Å². The first kappa shape index (κ1) is 22.0. The highest BCUT2D eigenvalue weighted by molar-refractivity contribution is 5.85. The molecule has 10 nitrogen and oxygen atoms in total. The fraction of sp³-hybridized carbons (Fsp3) is 0.522. The van der Waals surface area contributed by atoms with E-state index in [2.05, 4.69) is 37.6 Å². The van der Waals surface area contributed by atoms with Crippen LogP contribution in [0, 0.1) is 0 Å². The monoisotopic (exact) mass is 452 g/mol. The second-order valence-electron chi connectivity index (χ2n) is 8.28. The van der Waals surface area contributed by atoms with E-state index in [0.717, 1.165) is 101 Å². The maximum Gasteiger partial charge on any atom is 0.226 e. The van der Waals surface area contributed by atoms with Crippen LogP contribution < -0.4 is 10.6 Å². The Labute approximate surface area is 193 Å². The molecule has 1 aromatic carbocycles. The van der Waals surface area contributed by atoms with Crippen molar-refractivity contribution in [1.29, 1.82) is 0 Å². The van der Waals surface area contributed by atoms with Gasteiger partial charge in [0.1, 0.15) is 6.33 Å². The van der Waals surface area contributed by atoms with Crippen LogP contribution in [-0.4, -0.2) is 108 Å². The second kappa shape index (κ2) is 10.9. The van der Waals surface area contributed by atoms with Gasteiger partial charge in [-0.2, -0.15) is 9.97 Å². The molecule has 0 bridgehead atoms. The SMILES string of the molecule is c1ccc(-n2cnc3c(NCCN4CCOCC4)nc(NCCN4CCOCC4)nc32)cc1. The number of nitrogens with one attached hydrogen (secondary N) is 2. The summed E-state index contributed by atoms with van der Waals surface area (Å²) in [6.07, 6.45) is 1.82. The molecule has 0 atom stereocenters. The number of benzene rings is 1. The average molecular weight is 453 g/mol. The molecule has 5 rings (SSSR count). The molecule has 4 heterocycles. The number of hydrogen-bond acceptors (Lipinski definition) is 9. The van der Waals surface area contributed by atoms with Gasteiger partial charge in [0.25, 0.3) is 0 Å². The number of hydrogen-bond donors (Lipinski definition) is 2. The van der Waals surface area contributed by atoms with E-state index in [0.29, 0.717) is 5.95 Å². The summed E-state index contributed by atoms with van der Waals surface area (Å²) < 4.78 is 12.9. The van der Waals surface area contributed by atoms with E-state index in [1.165, 1.54) is 0 Å². The summed E-state index contributed by atoms with van der Waals surface area (Å²) in [6, 6.07) is 10.2. The van der Waals surface area contributed by atoms with Crippen molar-refractivity contribution in [3.05, 3.63) is 36.7 Å². The van der Waals surface area contributed by atoms with Crippen LogP contribution in [0.3, 0.4) is 0 Å². The minimum atomic E-state index is 0.613. The van der Waals surface area contributed by atoms with Gasteiger partial charge in [0.15, 0.2) is 17.0 Å². The van der Waals surface area contributed by atoms with E-state index >= 15 is 0 Å². The van der Waals surface area contributed by atoms with Crippen LogP contribution in [0.25, 0.3) is 16.9 Å². The Bertz CT molecular complexity index is 1020. The zero-order chi connectivity index (χ0) is 22.3. The molecule has 10 heteroatoms. The third-order valence-electron chi connectivity index (χ3n) is 6.07. The Morgan fingerprint density at radius 1 is 0.788 bits per heavy atom. The van der Waals surface area contributed by atoms with Crippen LogP contribution in [0.4, 0.5) is 11.8 Å². The third-order valence-corrected chi connectivity index (χ3v) is 6.07. The normalized spacial score (nSPS) is 17.9. The number of fused-ring (bicyclic) bond motifs is 1. The highest BCUT2D eigenvalue weighted by Gasteiger charge is 2.16. The van der Waals surface area contributed by atoms with Gasteiger partial charge in [-0.3, -0.25) is 14.4 Å². The highest BCUT2D eigenvalue weighted by Crippen LogP contribution is 2.23. The van der Waals surface area contributed by atoms with Crippen LogP contribution >= 0.6 is 0 Å². The molecule has 2 fully saturated rings. The lowest BCUT2D eigenvalue weighted by Crippen LogP contribution is -2.39. The molecule has 0 aliphatic carbocycles. The van der Waals surface area contributed by atoms with Crippen LogP contribution in [0.1, 0.15) is 0 Å². The van der Waals surface area contributed by atoms with Gasteiger partial charge in [-0.25, -0.2) is 4.98 Å². The minimum absolute atomic E-state index is 0.613. The molecule has 0 spiro atoms. The molecule has 0 radical (unpaired) electrons. The number of para-hydroxylation sites is 1. The Morgan fingerprint density at radius 2 is 1.42 bits per heavy atom. The van der Waals surface area contributed by atoms with Gasteiger partial charge in [-0.15, -0.1) is 0 Å². The van der Waals surface area contributed by atoms with Gasteiger partial charge in [0.05, 0.1) is 26.4 Å². The minimum Gasteiger partial charge on any atom is -0.379 e. The second-order valence-corrected chi connectivity index (χ2v) is 8.28. The van der Waals surface area contributed by atoms with Crippen LogP contribution in [-0.2, 0) is 9.47 Å². The number of nitrogens with zero attached hydrogens (tertiary/aromatic N) is 6. The summed E-state index contributed by atoms with van der Waals surface area (Å²) in [6.45, 7) is 10.5. The molecule has 3 aromatic rings. The largest absolute Gasteiger partial charge is 0.379 e. The number of ether oxygens (including phenoxy) is 2. The van der Waals surface area contributed by atoms with E-state index < -0.39 is 0 Å². The predicted octanol–water partition coefficient (Wildman–Crippen LogP) is 1.30. The summed E-state index contributed by atoms with van der Waals surface area (Å²) >= 11 is 0. The van der Waals surface area contributed by atoms with Gasteiger partial charge in [-0.05, 0) is 12.1 Å². The molecule has 2 saturated heterocycles. The maximum atomic E-state index is 5.45. The Morgan fingerprint density at radius 3 is 2.09 bits per heavy atom. The first-order valence-electron chi connectivity index (χ1n) is 11.8. The summed E-state index contributed by atoms with van der Waals surface area (Å²) in [4.78, 5) is 19.0. The zero-order valence-corrected chi connectivity index (χ0v) is 18.9. The number of aromatic nitrogens is 4. The third kappa shape index (κ3) is 5.59. The molecule has 2 aliphatic rings. The van der Waals surface area contributed by atoms with Crippen molar-refractivity contribution in [3.8, 4) is 5.69 Å². The molecule has 2 aromatic heterocycles. The lowest BCUT2D eigenvalue weighted by molar-refractivity contribution is 0.0398. The number of morpholine rings is 2. The van der Waals surface area contributed by atoms with Crippen molar-refractivity contribution in [2.45, 2.75) is 0 Å². The van der Waals surface area contributed by atoms with Crippen molar-refractivity contribution < 1.29 is 9.47 Å².